The zero-order valence-electron chi connectivity index (χ0n) is 19.2. The molecular formula is C27H23NO6S. The smallest absolute Gasteiger partial charge is 0.343 e. The average molecular weight is 490 g/mol. The monoisotopic (exact) mass is 489 g/mol. The van der Waals surface area contributed by atoms with Crippen molar-refractivity contribution < 1.29 is 28.6 Å². The minimum atomic E-state index is -0.539. The second-order valence-electron chi connectivity index (χ2n) is 7.51. The van der Waals surface area contributed by atoms with Crippen LogP contribution in [0.1, 0.15) is 28.4 Å². The highest BCUT2D eigenvalue weighted by atomic mass is 32.2. The Kier molecular flexibility index (Phi) is 7.52. The van der Waals surface area contributed by atoms with E-state index in [1.54, 1.807) is 55.7 Å². The number of carbonyl (C=O) groups excluding carboxylic acids is 3. The molecular weight excluding hydrogens is 466 g/mol. The molecule has 3 aromatic rings. The van der Waals surface area contributed by atoms with Gasteiger partial charge in [0.15, 0.2) is 11.5 Å². The Hall–Kier alpha value is -4.04. The van der Waals surface area contributed by atoms with Crippen molar-refractivity contribution in [1.82, 2.24) is 4.90 Å². The molecule has 0 N–H and O–H groups in total. The molecule has 0 spiro atoms. The van der Waals surface area contributed by atoms with E-state index in [-0.39, 0.29) is 23.4 Å². The molecule has 1 heterocycles. The Morgan fingerprint density at radius 2 is 1.71 bits per heavy atom. The molecule has 0 unspecified atom stereocenters. The van der Waals surface area contributed by atoms with Crippen molar-refractivity contribution >= 4 is 35.0 Å². The molecule has 8 heteroatoms. The zero-order valence-corrected chi connectivity index (χ0v) is 20.0. The highest BCUT2D eigenvalue weighted by molar-refractivity contribution is 8.18. The second kappa shape index (κ2) is 10.9. The quantitative estimate of drug-likeness (QED) is 0.233. The Labute approximate surface area is 207 Å². The van der Waals surface area contributed by atoms with Gasteiger partial charge in [0.25, 0.3) is 11.1 Å². The summed E-state index contributed by atoms with van der Waals surface area (Å²) in [6.45, 7) is 2.38. The number of benzene rings is 3. The highest BCUT2D eigenvalue weighted by Gasteiger charge is 2.35. The normalized spacial score (nSPS) is 14.3. The Morgan fingerprint density at radius 1 is 0.971 bits per heavy atom. The van der Waals surface area contributed by atoms with Crippen LogP contribution in [0.15, 0.2) is 77.7 Å². The summed E-state index contributed by atoms with van der Waals surface area (Å²) in [6.07, 6.45) is 1.63. The van der Waals surface area contributed by atoms with Gasteiger partial charge in [0.1, 0.15) is 5.75 Å². The lowest BCUT2D eigenvalue weighted by atomic mass is 10.1. The van der Waals surface area contributed by atoms with Gasteiger partial charge in [0.2, 0.25) is 0 Å². The molecule has 7 nitrogen and oxygen atoms in total. The van der Waals surface area contributed by atoms with Gasteiger partial charge in [-0.25, -0.2) is 4.79 Å². The molecule has 0 atom stereocenters. The van der Waals surface area contributed by atoms with Crippen LogP contribution >= 0.6 is 11.8 Å². The van der Waals surface area contributed by atoms with Gasteiger partial charge < -0.3 is 14.2 Å². The first kappa shape index (κ1) is 24.1. The maximum atomic E-state index is 12.9. The maximum absolute atomic E-state index is 12.9. The van der Waals surface area contributed by atoms with Crippen molar-refractivity contribution in [2.45, 2.75) is 13.5 Å². The van der Waals surface area contributed by atoms with E-state index in [9.17, 15) is 14.4 Å². The predicted molar refractivity (Wildman–Crippen MR) is 134 cm³/mol. The molecule has 0 saturated carbocycles. The van der Waals surface area contributed by atoms with Crippen molar-refractivity contribution in [3.8, 4) is 17.2 Å². The number of thioether (sulfide) groups is 1. The number of carbonyl (C=O) groups is 3. The highest BCUT2D eigenvalue weighted by Crippen LogP contribution is 2.35. The van der Waals surface area contributed by atoms with Crippen LogP contribution in [0.2, 0.25) is 0 Å². The summed E-state index contributed by atoms with van der Waals surface area (Å²) in [7, 11) is 1.55. The van der Waals surface area contributed by atoms with Gasteiger partial charge in [0.05, 0.1) is 30.7 Å². The van der Waals surface area contributed by atoms with E-state index in [0.29, 0.717) is 34.1 Å². The van der Waals surface area contributed by atoms with Crippen LogP contribution in [0.3, 0.4) is 0 Å². The molecule has 3 aromatic carbocycles. The predicted octanol–water partition coefficient (Wildman–Crippen LogP) is 5.55. The van der Waals surface area contributed by atoms with E-state index in [1.807, 2.05) is 37.3 Å². The van der Waals surface area contributed by atoms with Crippen molar-refractivity contribution in [1.29, 1.82) is 0 Å². The van der Waals surface area contributed by atoms with Gasteiger partial charge in [-0.05, 0) is 72.3 Å². The van der Waals surface area contributed by atoms with Crippen molar-refractivity contribution in [3.05, 3.63) is 94.4 Å². The van der Waals surface area contributed by atoms with E-state index in [4.69, 9.17) is 14.2 Å². The molecule has 2 amide bonds. The number of hydrogen-bond donors (Lipinski definition) is 0. The molecule has 1 aliphatic rings. The van der Waals surface area contributed by atoms with Crippen LogP contribution < -0.4 is 14.2 Å². The Bertz CT molecular complexity index is 1270. The number of imide groups is 1. The van der Waals surface area contributed by atoms with Gasteiger partial charge in [-0.1, -0.05) is 36.4 Å². The van der Waals surface area contributed by atoms with Crippen LogP contribution in [0.5, 0.6) is 17.2 Å². The summed E-state index contributed by atoms with van der Waals surface area (Å²) >= 11 is 0.892. The molecule has 35 heavy (non-hydrogen) atoms. The molecule has 0 radical (unpaired) electrons. The summed E-state index contributed by atoms with van der Waals surface area (Å²) in [4.78, 5) is 39.4. The lowest BCUT2D eigenvalue weighted by Gasteiger charge is -2.12. The number of hydrogen-bond acceptors (Lipinski definition) is 7. The number of ether oxygens (including phenoxy) is 3. The largest absolute Gasteiger partial charge is 0.497 e. The number of amides is 2. The standard InChI is InChI=1S/C27H23NO6S/c1-3-33-23-15-19(9-14-22(23)34-26(30)20-10-12-21(32-2)13-11-20)16-24-25(29)28(27(31)35-24)17-18-7-5-4-6-8-18/h4-16H,3,17H2,1-2H3/b24-16-. The molecule has 1 aliphatic heterocycles. The van der Waals surface area contributed by atoms with E-state index < -0.39 is 5.97 Å². The first-order valence-corrected chi connectivity index (χ1v) is 11.7. The third kappa shape index (κ3) is 5.73. The summed E-state index contributed by atoms with van der Waals surface area (Å²) in [5, 5.41) is -0.319. The molecule has 178 valence electrons. The van der Waals surface area contributed by atoms with E-state index in [0.717, 1.165) is 17.3 Å². The van der Waals surface area contributed by atoms with Crippen molar-refractivity contribution in [3.63, 3.8) is 0 Å². The first-order chi connectivity index (χ1) is 17.0. The zero-order chi connectivity index (χ0) is 24.8. The lowest BCUT2D eigenvalue weighted by molar-refractivity contribution is -0.123. The van der Waals surface area contributed by atoms with Gasteiger partial charge >= 0.3 is 5.97 Å². The van der Waals surface area contributed by atoms with Crippen LogP contribution in [-0.2, 0) is 11.3 Å². The Balaban J connectivity index is 1.52. The maximum Gasteiger partial charge on any atom is 0.343 e. The van der Waals surface area contributed by atoms with Crippen LogP contribution in [-0.4, -0.2) is 35.7 Å². The van der Waals surface area contributed by atoms with Crippen LogP contribution in [0.4, 0.5) is 4.79 Å². The summed E-state index contributed by atoms with van der Waals surface area (Å²) in [5.74, 6) is 0.350. The summed E-state index contributed by atoms with van der Waals surface area (Å²) in [6, 6.07) is 20.9. The topological polar surface area (TPSA) is 82.1 Å². The SMILES string of the molecule is CCOc1cc(/C=C2\SC(=O)N(Cc3ccccc3)C2=O)ccc1OC(=O)c1ccc(OC)cc1. The van der Waals surface area contributed by atoms with Crippen LogP contribution in [0.25, 0.3) is 6.08 Å². The number of rotatable bonds is 8. The van der Waals surface area contributed by atoms with Gasteiger partial charge in [0, 0.05) is 0 Å². The number of nitrogens with zero attached hydrogens (tertiary/aromatic N) is 1. The van der Waals surface area contributed by atoms with Crippen LogP contribution in [0, 0.1) is 0 Å². The fraction of sp³-hybridized carbons (Fsp3) is 0.148. The molecule has 0 aliphatic carbocycles. The third-order valence-corrected chi connectivity index (χ3v) is 6.06. The van der Waals surface area contributed by atoms with Crippen molar-refractivity contribution in [2.24, 2.45) is 0 Å². The number of methoxy groups -OCH3 is 1. The van der Waals surface area contributed by atoms with Gasteiger partial charge in [-0.3, -0.25) is 14.5 Å². The molecule has 4 rings (SSSR count). The van der Waals surface area contributed by atoms with E-state index >= 15 is 0 Å². The minimum Gasteiger partial charge on any atom is -0.497 e. The summed E-state index contributed by atoms with van der Waals surface area (Å²) in [5.41, 5.74) is 1.88. The van der Waals surface area contributed by atoms with E-state index in [2.05, 4.69) is 0 Å². The van der Waals surface area contributed by atoms with Gasteiger partial charge in [-0.15, -0.1) is 0 Å². The van der Waals surface area contributed by atoms with E-state index in [1.165, 1.54) is 4.90 Å². The fourth-order valence-electron chi connectivity index (χ4n) is 3.41. The minimum absolute atomic E-state index is 0.216. The fourth-order valence-corrected chi connectivity index (χ4v) is 4.24. The third-order valence-electron chi connectivity index (χ3n) is 5.15. The first-order valence-electron chi connectivity index (χ1n) is 10.9. The lowest BCUT2D eigenvalue weighted by Crippen LogP contribution is -2.27. The van der Waals surface area contributed by atoms with Crippen molar-refractivity contribution in [2.75, 3.05) is 13.7 Å². The average Bonchev–Trinajstić information content (AvgIpc) is 3.13. The molecule has 1 fully saturated rings. The molecule has 0 bridgehead atoms. The second-order valence-corrected chi connectivity index (χ2v) is 8.50. The summed E-state index contributed by atoms with van der Waals surface area (Å²) < 4.78 is 16.3. The van der Waals surface area contributed by atoms with Gasteiger partial charge in [-0.2, -0.15) is 0 Å². The molecule has 0 aromatic heterocycles. The number of esters is 1. The Morgan fingerprint density at radius 3 is 2.40 bits per heavy atom. The molecule has 1 saturated heterocycles.